The van der Waals surface area contributed by atoms with Crippen LogP contribution in [0.15, 0.2) is 18.2 Å². The second kappa shape index (κ2) is 7.07. The zero-order chi connectivity index (χ0) is 14.5. The van der Waals surface area contributed by atoms with Crippen molar-refractivity contribution in [1.82, 2.24) is 4.90 Å². The molecule has 1 aromatic rings. The van der Waals surface area contributed by atoms with Gasteiger partial charge in [0.2, 0.25) is 0 Å². The molecule has 0 unspecified atom stereocenters. The number of amides is 1. The monoisotopic (exact) mass is 297 g/mol. The number of hydrogen-bond donors (Lipinski definition) is 0. The van der Waals surface area contributed by atoms with E-state index in [1.165, 1.54) is 12.5 Å². The van der Waals surface area contributed by atoms with Crippen molar-refractivity contribution in [3.63, 3.8) is 0 Å². The molecule has 0 aliphatic heterocycles. The van der Waals surface area contributed by atoms with Crippen molar-refractivity contribution in [1.29, 1.82) is 0 Å². The first kappa shape index (κ1) is 15.3. The molecule has 1 aliphatic rings. The molecule has 1 aliphatic carbocycles. The van der Waals surface area contributed by atoms with E-state index in [0.29, 0.717) is 12.4 Å². The van der Waals surface area contributed by atoms with Crippen molar-refractivity contribution in [2.24, 2.45) is 0 Å². The highest BCUT2D eigenvalue weighted by atomic mass is 35.5. The second-order valence-corrected chi connectivity index (χ2v) is 5.84. The number of carbonyl (C=O) groups excluding carboxylic acids is 1. The number of alkyl halides is 1. The van der Waals surface area contributed by atoms with Crippen molar-refractivity contribution in [3.05, 3.63) is 35.1 Å². The predicted molar refractivity (Wildman–Crippen MR) is 79.8 cm³/mol. The Balaban J connectivity index is 2.23. The number of nitrogens with zero attached hydrogens (tertiary/aromatic N) is 1. The van der Waals surface area contributed by atoms with E-state index in [1.807, 2.05) is 6.92 Å². The number of benzene rings is 1. The molecule has 0 spiro atoms. The largest absolute Gasteiger partial charge is 0.334 e. The van der Waals surface area contributed by atoms with Crippen molar-refractivity contribution in [2.75, 3.05) is 12.4 Å². The van der Waals surface area contributed by atoms with E-state index >= 15 is 0 Å². The van der Waals surface area contributed by atoms with Gasteiger partial charge >= 0.3 is 0 Å². The fourth-order valence-electron chi connectivity index (χ4n) is 2.89. The number of carbonyl (C=O) groups is 1. The van der Waals surface area contributed by atoms with Crippen LogP contribution in [-0.2, 0) is 0 Å². The lowest BCUT2D eigenvalue weighted by atomic mass is 9.93. The van der Waals surface area contributed by atoms with Gasteiger partial charge < -0.3 is 4.90 Å². The quantitative estimate of drug-likeness (QED) is 0.765. The number of aryl methyl sites for hydroxylation is 1. The van der Waals surface area contributed by atoms with Gasteiger partial charge in [0.25, 0.3) is 5.91 Å². The van der Waals surface area contributed by atoms with Gasteiger partial charge in [0.05, 0.1) is 5.56 Å². The third-order valence-electron chi connectivity index (χ3n) is 3.95. The topological polar surface area (TPSA) is 20.3 Å². The Labute approximate surface area is 124 Å². The van der Waals surface area contributed by atoms with Crippen LogP contribution in [0, 0.1) is 12.7 Å². The maximum Gasteiger partial charge on any atom is 0.257 e. The maximum absolute atomic E-state index is 13.9. The summed E-state index contributed by atoms with van der Waals surface area (Å²) in [5.74, 6) is -0.287. The standard InChI is InChI=1S/C16H21ClFNO/c1-12-7-8-15(18)14(11-12)16(20)19(10-9-17)13-5-3-2-4-6-13/h7-8,11,13H,2-6,9-10H2,1H3. The summed E-state index contributed by atoms with van der Waals surface area (Å²) in [4.78, 5) is 14.4. The van der Waals surface area contributed by atoms with Crippen LogP contribution < -0.4 is 0 Å². The molecule has 1 fully saturated rings. The van der Waals surface area contributed by atoms with Gasteiger partial charge in [-0.15, -0.1) is 11.6 Å². The lowest BCUT2D eigenvalue weighted by Gasteiger charge is -2.34. The Morgan fingerprint density at radius 3 is 2.70 bits per heavy atom. The lowest BCUT2D eigenvalue weighted by molar-refractivity contribution is 0.0645. The molecule has 0 aromatic heterocycles. The minimum Gasteiger partial charge on any atom is -0.334 e. The van der Waals surface area contributed by atoms with Gasteiger partial charge in [0.1, 0.15) is 5.82 Å². The van der Waals surface area contributed by atoms with Gasteiger partial charge in [0.15, 0.2) is 0 Å². The van der Waals surface area contributed by atoms with Gasteiger partial charge in [-0.3, -0.25) is 4.79 Å². The molecule has 1 aromatic carbocycles. The third-order valence-corrected chi connectivity index (χ3v) is 4.12. The Morgan fingerprint density at radius 2 is 2.05 bits per heavy atom. The molecule has 2 nitrogen and oxygen atoms in total. The summed E-state index contributed by atoms with van der Waals surface area (Å²) in [6.07, 6.45) is 5.48. The fourth-order valence-corrected chi connectivity index (χ4v) is 3.07. The first-order valence-corrected chi connectivity index (χ1v) is 7.80. The highest BCUT2D eigenvalue weighted by Crippen LogP contribution is 2.25. The Kier molecular flexibility index (Phi) is 5.41. The SMILES string of the molecule is Cc1ccc(F)c(C(=O)N(CCCl)C2CCCCC2)c1. The molecule has 0 bridgehead atoms. The molecular formula is C16H21ClFNO. The van der Waals surface area contributed by atoms with Crippen LogP contribution in [0.5, 0.6) is 0 Å². The zero-order valence-electron chi connectivity index (χ0n) is 11.9. The van der Waals surface area contributed by atoms with Gasteiger partial charge in [0, 0.05) is 18.5 Å². The molecule has 0 heterocycles. The molecule has 2 rings (SSSR count). The van der Waals surface area contributed by atoms with E-state index in [2.05, 4.69) is 0 Å². The minimum absolute atomic E-state index is 0.167. The zero-order valence-corrected chi connectivity index (χ0v) is 12.6. The number of rotatable bonds is 4. The fraction of sp³-hybridized carbons (Fsp3) is 0.562. The molecule has 0 saturated heterocycles. The second-order valence-electron chi connectivity index (χ2n) is 5.46. The summed E-state index contributed by atoms with van der Waals surface area (Å²) in [5.41, 5.74) is 1.06. The summed E-state index contributed by atoms with van der Waals surface area (Å²) in [5, 5.41) is 0. The summed E-state index contributed by atoms with van der Waals surface area (Å²) < 4.78 is 13.9. The van der Waals surface area contributed by atoms with Crippen LogP contribution in [0.3, 0.4) is 0 Å². The van der Waals surface area contributed by atoms with Crippen LogP contribution in [0.2, 0.25) is 0 Å². The minimum atomic E-state index is -0.448. The normalized spacial score (nSPS) is 16.1. The molecule has 110 valence electrons. The molecule has 0 N–H and O–H groups in total. The lowest BCUT2D eigenvalue weighted by Crippen LogP contribution is -2.43. The number of hydrogen-bond acceptors (Lipinski definition) is 1. The highest BCUT2D eigenvalue weighted by molar-refractivity contribution is 6.18. The third kappa shape index (κ3) is 3.51. The van der Waals surface area contributed by atoms with Crippen LogP contribution >= 0.6 is 11.6 Å². The maximum atomic E-state index is 13.9. The first-order chi connectivity index (χ1) is 9.63. The summed E-state index contributed by atoms with van der Waals surface area (Å²) >= 11 is 5.83. The van der Waals surface area contributed by atoms with E-state index in [-0.39, 0.29) is 17.5 Å². The van der Waals surface area contributed by atoms with Crippen molar-refractivity contribution >= 4 is 17.5 Å². The first-order valence-electron chi connectivity index (χ1n) is 7.26. The van der Waals surface area contributed by atoms with E-state index in [1.54, 1.807) is 17.0 Å². The van der Waals surface area contributed by atoms with Crippen LogP contribution in [-0.4, -0.2) is 29.3 Å². The van der Waals surface area contributed by atoms with E-state index in [0.717, 1.165) is 31.2 Å². The van der Waals surface area contributed by atoms with Gasteiger partial charge in [-0.05, 0) is 31.9 Å². The van der Waals surface area contributed by atoms with Crippen LogP contribution in [0.1, 0.15) is 48.0 Å². The highest BCUT2D eigenvalue weighted by Gasteiger charge is 2.27. The Morgan fingerprint density at radius 1 is 1.35 bits per heavy atom. The van der Waals surface area contributed by atoms with Gasteiger partial charge in [-0.1, -0.05) is 30.9 Å². The van der Waals surface area contributed by atoms with Crippen LogP contribution in [0.4, 0.5) is 4.39 Å². The molecule has 0 atom stereocenters. The molecule has 20 heavy (non-hydrogen) atoms. The predicted octanol–water partition coefficient (Wildman–Crippen LogP) is 4.15. The Bertz CT molecular complexity index is 472. The average Bonchev–Trinajstić information content (AvgIpc) is 2.47. The molecule has 4 heteroatoms. The summed E-state index contributed by atoms with van der Waals surface area (Å²) in [6, 6.07) is 4.87. The summed E-state index contributed by atoms with van der Waals surface area (Å²) in [7, 11) is 0. The number of halogens is 2. The average molecular weight is 298 g/mol. The molecule has 1 saturated carbocycles. The van der Waals surface area contributed by atoms with Crippen molar-refractivity contribution in [3.8, 4) is 0 Å². The van der Waals surface area contributed by atoms with E-state index in [9.17, 15) is 9.18 Å². The molecule has 1 amide bonds. The van der Waals surface area contributed by atoms with Gasteiger partial charge in [-0.25, -0.2) is 4.39 Å². The smallest absolute Gasteiger partial charge is 0.257 e. The molecular weight excluding hydrogens is 277 g/mol. The molecule has 0 radical (unpaired) electrons. The van der Waals surface area contributed by atoms with Crippen molar-refractivity contribution < 1.29 is 9.18 Å². The van der Waals surface area contributed by atoms with E-state index < -0.39 is 5.82 Å². The van der Waals surface area contributed by atoms with Gasteiger partial charge in [-0.2, -0.15) is 0 Å². The van der Waals surface area contributed by atoms with Crippen molar-refractivity contribution in [2.45, 2.75) is 45.1 Å². The Hall–Kier alpha value is -1.09. The van der Waals surface area contributed by atoms with E-state index in [4.69, 9.17) is 11.6 Å². The van der Waals surface area contributed by atoms with Crippen LogP contribution in [0.25, 0.3) is 0 Å². The summed E-state index contributed by atoms with van der Waals surface area (Å²) in [6.45, 7) is 2.35.